The third-order valence-corrected chi connectivity index (χ3v) is 14.4. The molecule has 6 bridgehead atoms. The molecular formula is C51H71N9O8. The van der Waals surface area contributed by atoms with Gasteiger partial charge in [-0.25, -0.2) is 10.2 Å². The Hall–Kier alpha value is -5.52. The minimum atomic E-state index is -1.07. The first-order valence-electron chi connectivity index (χ1n) is 24.6. The number of cyclic esters (lactones) is 1. The summed E-state index contributed by atoms with van der Waals surface area (Å²) in [5.74, 6) is -1.70. The second kappa shape index (κ2) is 20.2. The summed E-state index contributed by atoms with van der Waals surface area (Å²) in [6.07, 6.45) is 4.11. The number of likely N-dealkylation sites (tertiary alicyclic amines) is 1. The number of benzene rings is 1. The summed E-state index contributed by atoms with van der Waals surface area (Å²) in [5.41, 5.74) is 9.23. The van der Waals surface area contributed by atoms with Crippen LogP contribution in [-0.2, 0) is 46.4 Å². The second-order valence-electron chi connectivity index (χ2n) is 20.6. The number of rotatable bonds is 8. The minimum absolute atomic E-state index is 0.147. The molecule has 1 aromatic carbocycles. The number of likely N-dealkylation sites (N-methyl/N-ethyl adjacent to an activating group) is 1. The van der Waals surface area contributed by atoms with Crippen LogP contribution < -0.4 is 15.6 Å². The minimum Gasteiger partial charge on any atom is -0.464 e. The van der Waals surface area contributed by atoms with Gasteiger partial charge in [0.25, 0.3) is 5.91 Å². The Morgan fingerprint density at radius 2 is 1.82 bits per heavy atom. The largest absolute Gasteiger partial charge is 0.464 e. The molecule has 4 saturated heterocycles. The highest BCUT2D eigenvalue weighted by molar-refractivity contribution is 5.95. The van der Waals surface area contributed by atoms with Gasteiger partial charge in [0.1, 0.15) is 18.1 Å². The Bertz CT molecular complexity index is 2400. The number of nitrogens with one attached hydrogen (secondary N) is 2. The molecule has 6 atom stereocenters. The molecule has 7 heterocycles. The highest BCUT2D eigenvalue weighted by Crippen LogP contribution is 2.42. The number of carbonyl (C=O) groups is 5. The quantitative estimate of drug-likeness (QED) is 0.237. The van der Waals surface area contributed by atoms with Gasteiger partial charge in [-0.15, -0.1) is 0 Å². The van der Waals surface area contributed by atoms with Gasteiger partial charge >= 0.3 is 12.0 Å². The van der Waals surface area contributed by atoms with E-state index < -0.39 is 47.4 Å². The average Bonchev–Trinajstić information content (AvgIpc) is 3.90. The summed E-state index contributed by atoms with van der Waals surface area (Å²) in [6.45, 7) is 22.1. The van der Waals surface area contributed by atoms with Crippen LogP contribution in [0.25, 0.3) is 22.2 Å². The maximum atomic E-state index is 14.8. The molecule has 5 aliphatic rings. The van der Waals surface area contributed by atoms with Crippen LogP contribution >= 0.6 is 0 Å². The molecule has 3 aromatic rings. The third kappa shape index (κ3) is 9.84. The molecule has 5 aliphatic heterocycles. The zero-order chi connectivity index (χ0) is 48.6. The summed E-state index contributed by atoms with van der Waals surface area (Å²) < 4.78 is 20.9. The first-order chi connectivity index (χ1) is 32.5. The van der Waals surface area contributed by atoms with E-state index >= 15 is 0 Å². The number of pyridine rings is 1. The molecule has 8 rings (SSSR count). The first kappa shape index (κ1) is 48.9. The maximum Gasteiger partial charge on any atom is 0.324 e. The van der Waals surface area contributed by atoms with Crippen molar-refractivity contribution in [1.29, 1.82) is 0 Å². The Labute approximate surface area is 400 Å². The van der Waals surface area contributed by atoms with E-state index in [0.29, 0.717) is 58.7 Å². The molecule has 0 aliphatic carbocycles. The molecule has 4 fully saturated rings. The van der Waals surface area contributed by atoms with E-state index in [0.717, 1.165) is 40.1 Å². The number of aromatic nitrogens is 2. The number of hydrazine groups is 1. The number of anilines is 1. The van der Waals surface area contributed by atoms with Crippen molar-refractivity contribution in [3.05, 3.63) is 60.4 Å². The predicted molar refractivity (Wildman–Crippen MR) is 259 cm³/mol. The number of carbonyl (C=O) groups excluding carboxylic acids is 5. The van der Waals surface area contributed by atoms with Gasteiger partial charge in [0.2, 0.25) is 11.8 Å². The summed E-state index contributed by atoms with van der Waals surface area (Å²) in [4.78, 5) is 82.2. The van der Waals surface area contributed by atoms with Crippen molar-refractivity contribution < 1.29 is 38.2 Å². The monoisotopic (exact) mass is 938 g/mol. The topological polar surface area (TPSA) is 171 Å². The lowest BCUT2D eigenvalue weighted by atomic mass is 9.84. The number of amides is 5. The van der Waals surface area contributed by atoms with Crippen LogP contribution in [0.2, 0.25) is 0 Å². The Morgan fingerprint density at radius 1 is 1.04 bits per heavy atom. The number of nitrogens with zero attached hydrogens (tertiary/aromatic N) is 7. The van der Waals surface area contributed by atoms with Crippen LogP contribution in [0.5, 0.6) is 0 Å². The number of hydrogen-bond donors (Lipinski definition) is 2. The number of fused-ring (bicyclic) bond motifs is 7. The van der Waals surface area contributed by atoms with Crippen molar-refractivity contribution in [2.24, 2.45) is 11.3 Å². The van der Waals surface area contributed by atoms with E-state index in [1.54, 1.807) is 16.8 Å². The molecular weight excluding hydrogens is 867 g/mol. The van der Waals surface area contributed by atoms with Gasteiger partial charge in [-0.05, 0) is 80.0 Å². The van der Waals surface area contributed by atoms with E-state index in [-0.39, 0.29) is 62.0 Å². The molecule has 17 nitrogen and oxygen atoms in total. The van der Waals surface area contributed by atoms with Crippen molar-refractivity contribution in [2.45, 2.75) is 123 Å². The fourth-order valence-corrected chi connectivity index (χ4v) is 11.0. The van der Waals surface area contributed by atoms with Crippen molar-refractivity contribution in [2.75, 3.05) is 71.0 Å². The lowest BCUT2D eigenvalue weighted by Gasteiger charge is -2.39. The van der Waals surface area contributed by atoms with Crippen LogP contribution in [0.3, 0.4) is 0 Å². The third-order valence-electron chi connectivity index (χ3n) is 14.4. The highest BCUT2D eigenvalue weighted by atomic mass is 16.5. The first-order valence-corrected chi connectivity index (χ1v) is 24.6. The van der Waals surface area contributed by atoms with E-state index in [1.165, 1.54) is 21.5 Å². The number of ether oxygens (including phenoxy) is 3. The van der Waals surface area contributed by atoms with Crippen molar-refractivity contribution in [3.8, 4) is 11.3 Å². The molecule has 368 valence electrons. The van der Waals surface area contributed by atoms with E-state index in [4.69, 9.17) is 19.2 Å². The summed E-state index contributed by atoms with van der Waals surface area (Å²) >= 11 is 0. The Morgan fingerprint density at radius 3 is 2.56 bits per heavy atom. The zero-order valence-corrected chi connectivity index (χ0v) is 41.2. The number of esters is 1. The highest BCUT2D eigenvalue weighted by Gasteiger charge is 2.46. The van der Waals surface area contributed by atoms with Crippen LogP contribution in [0.15, 0.2) is 49.2 Å². The molecule has 0 saturated carbocycles. The van der Waals surface area contributed by atoms with Gasteiger partial charge in [0.05, 0.1) is 56.0 Å². The molecule has 2 N–H and O–H groups in total. The van der Waals surface area contributed by atoms with Gasteiger partial charge in [0, 0.05) is 86.5 Å². The Kier molecular flexibility index (Phi) is 14.5. The number of hydrogen-bond acceptors (Lipinski definition) is 11. The molecule has 2 aromatic heterocycles. The lowest BCUT2D eigenvalue weighted by molar-refractivity contribution is -0.156. The van der Waals surface area contributed by atoms with Gasteiger partial charge < -0.3 is 43.7 Å². The molecule has 17 heteroatoms. The van der Waals surface area contributed by atoms with E-state index in [1.807, 2.05) is 26.1 Å². The summed E-state index contributed by atoms with van der Waals surface area (Å²) in [7, 11) is 1.60. The predicted octanol–water partition coefficient (Wildman–Crippen LogP) is 4.72. The Balaban J connectivity index is 1.11. The summed E-state index contributed by atoms with van der Waals surface area (Å²) in [5, 5.41) is 5.63. The SMILES string of the molecule is C=CC(=O)N1CCO[C@H]2CN(C(=O)N(C)[C@H](C(=O)N[C@H]3C[C@H]4CN(CCO4)c4ccc5c(c4)c(c(-c4cccnc4C(C)C)n5CC)CC(C)(C)COC(=O)[C@@H]4CCCN(N4)C3=O)C(C)C)C[C@H]21. The molecule has 68 heavy (non-hydrogen) atoms. The van der Waals surface area contributed by atoms with Crippen molar-refractivity contribution in [3.63, 3.8) is 0 Å². The van der Waals surface area contributed by atoms with Crippen LogP contribution in [0.1, 0.15) is 84.9 Å². The van der Waals surface area contributed by atoms with E-state index in [2.05, 4.69) is 85.7 Å². The van der Waals surface area contributed by atoms with Crippen molar-refractivity contribution >= 4 is 46.3 Å². The standard InChI is InChI=1S/C51H71N9O8/c1-10-43(61)59-21-23-67-42-29-57(28-41(42)59)50(65)55(9)45(32(5)6)47(62)53-39-25-34-27-56(20-22-66-34)33-16-17-40-36(24-33)37(46(58(40)11-2)35-14-12-18-52-44(35)31(3)4)26-51(7,8)30-68-49(64)38-15-13-19-60(54-38)48(39)63/h10,12,14,16-18,24,31-32,34,38-39,41-42,45,54H,1,11,13,15,19-23,25-30H2,2-9H3,(H,53,62)/t34-,38-,39-,41+,42-,45-/m0/s1. The molecule has 0 unspecified atom stereocenters. The molecule has 0 spiro atoms. The van der Waals surface area contributed by atoms with Gasteiger partial charge in [-0.3, -0.25) is 29.2 Å². The zero-order valence-electron chi connectivity index (χ0n) is 41.2. The van der Waals surface area contributed by atoms with Crippen LogP contribution in [0.4, 0.5) is 10.5 Å². The fraction of sp³-hybridized carbons (Fsp3) is 0.608. The van der Waals surface area contributed by atoms with Crippen molar-refractivity contribution in [1.82, 2.24) is 40.0 Å². The molecule has 0 radical (unpaired) electrons. The number of morpholine rings is 2. The second-order valence-corrected chi connectivity index (χ2v) is 20.6. The average molecular weight is 938 g/mol. The number of aryl methyl sites for hydroxylation is 1. The van der Waals surface area contributed by atoms with Crippen LogP contribution in [-0.4, -0.2) is 161 Å². The van der Waals surface area contributed by atoms with E-state index in [9.17, 15) is 24.0 Å². The van der Waals surface area contributed by atoms with Gasteiger partial charge in [-0.1, -0.05) is 48.1 Å². The van der Waals surface area contributed by atoms with Crippen LogP contribution in [0, 0.1) is 11.3 Å². The maximum absolute atomic E-state index is 14.8. The lowest BCUT2D eigenvalue weighted by Crippen LogP contribution is -2.63. The normalized spacial score (nSPS) is 24.9. The van der Waals surface area contributed by atoms with Gasteiger partial charge in [0.15, 0.2) is 0 Å². The fourth-order valence-electron chi connectivity index (χ4n) is 11.0. The summed E-state index contributed by atoms with van der Waals surface area (Å²) in [6, 6.07) is 7.27. The number of urea groups is 1. The molecule has 5 amide bonds. The smallest absolute Gasteiger partial charge is 0.324 e. The van der Waals surface area contributed by atoms with Gasteiger partial charge in [-0.2, -0.15) is 0 Å².